The lowest BCUT2D eigenvalue weighted by molar-refractivity contribution is 0.0935. The minimum Gasteiger partial charge on any atom is -0.346 e. The van der Waals surface area contributed by atoms with Crippen LogP contribution in [0, 0.1) is 11.3 Å². The molecule has 0 bridgehead atoms. The fraction of sp³-hybridized carbons (Fsp3) is 0.0714. The maximum absolute atomic E-state index is 12.0. The Morgan fingerprint density at radius 2 is 2.11 bits per heavy atom. The summed E-state index contributed by atoms with van der Waals surface area (Å²) in [6.45, 7) is 0. The molecule has 2 aromatic rings. The van der Waals surface area contributed by atoms with E-state index in [1.54, 1.807) is 36.5 Å². The molecular formula is C14H10N4O. The molecule has 3 rings (SSSR count). The summed E-state index contributed by atoms with van der Waals surface area (Å²) < 4.78 is 0. The number of amides is 1. The van der Waals surface area contributed by atoms with Gasteiger partial charge in [0.15, 0.2) is 0 Å². The van der Waals surface area contributed by atoms with Crippen LogP contribution in [0.25, 0.3) is 0 Å². The van der Waals surface area contributed by atoms with Crippen LogP contribution in [0.2, 0.25) is 0 Å². The number of anilines is 1. The van der Waals surface area contributed by atoms with Crippen molar-refractivity contribution in [1.82, 2.24) is 10.3 Å². The van der Waals surface area contributed by atoms with E-state index in [9.17, 15) is 4.79 Å². The van der Waals surface area contributed by atoms with Crippen LogP contribution in [0.5, 0.6) is 0 Å². The highest BCUT2D eigenvalue weighted by molar-refractivity contribution is 6.00. The van der Waals surface area contributed by atoms with Gasteiger partial charge in [-0.25, -0.2) is 4.98 Å². The zero-order valence-corrected chi connectivity index (χ0v) is 9.92. The summed E-state index contributed by atoms with van der Waals surface area (Å²) in [5, 5.41) is 14.9. The van der Waals surface area contributed by atoms with Crippen molar-refractivity contribution in [2.24, 2.45) is 0 Å². The quantitative estimate of drug-likeness (QED) is 0.809. The van der Waals surface area contributed by atoms with Crippen molar-refractivity contribution < 1.29 is 4.79 Å². The molecule has 5 heteroatoms. The molecule has 5 nitrogen and oxygen atoms in total. The highest BCUT2D eigenvalue weighted by atomic mass is 16.2. The Kier molecular flexibility index (Phi) is 2.62. The van der Waals surface area contributed by atoms with Crippen LogP contribution in [0.15, 0.2) is 42.6 Å². The summed E-state index contributed by atoms with van der Waals surface area (Å²) in [7, 11) is 0. The summed E-state index contributed by atoms with van der Waals surface area (Å²) in [6, 6.07) is 12.6. The van der Waals surface area contributed by atoms with E-state index in [0.29, 0.717) is 16.9 Å². The predicted molar refractivity (Wildman–Crippen MR) is 69.2 cm³/mol. The Hall–Kier alpha value is -2.87. The second-order valence-electron chi connectivity index (χ2n) is 4.19. The van der Waals surface area contributed by atoms with Crippen molar-refractivity contribution in [2.45, 2.75) is 6.17 Å². The normalized spacial score (nSPS) is 16.8. The lowest BCUT2D eigenvalue weighted by Crippen LogP contribution is -2.38. The zero-order valence-electron chi connectivity index (χ0n) is 9.92. The SMILES string of the molecule is N#Cc1cccc([C@@H]2NC(=O)c3cccnc3N2)c1. The molecule has 2 heterocycles. The molecule has 0 radical (unpaired) electrons. The molecule has 92 valence electrons. The number of hydrogen-bond donors (Lipinski definition) is 2. The number of rotatable bonds is 1. The lowest BCUT2D eigenvalue weighted by atomic mass is 10.1. The van der Waals surface area contributed by atoms with E-state index in [0.717, 1.165) is 5.56 Å². The number of aromatic nitrogens is 1. The van der Waals surface area contributed by atoms with Crippen molar-refractivity contribution in [3.63, 3.8) is 0 Å². The second kappa shape index (κ2) is 4.42. The Morgan fingerprint density at radius 3 is 2.95 bits per heavy atom. The third kappa shape index (κ3) is 2.00. The van der Waals surface area contributed by atoms with Gasteiger partial charge in [0.05, 0.1) is 17.2 Å². The minimum absolute atomic E-state index is 0.172. The van der Waals surface area contributed by atoms with Crippen LogP contribution in [-0.4, -0.2) is 10.9 Å². The highest BCUT2D eigenvalue weighted by Gasteiger charge is 2.25. The smallest absolute Gasteiger partial charge is 0.256 e. The molecule has 0 fully saturated rings. The molecule has 1 aliphatic heterocycles. The van der Waals surface area contributed by atoms with Gasteiger partial charge in [-0.15, -0.1) is 0 Å². The Bertz CT molecular complexity index is 690. The van der Waals surface area contributed by atoms with Crippen LogP contribution < -0.4 is 10.6 Å². The summed E-state index contributed by atoms with van der Waals surface area (Å²) in [5.74, 6) is 0.382. The summed E-state index contributed by atoms with van der Waals surface area (Å²) in [6.07, 6.45) is 1.26. The van der Waals surface area contributed by atoms with Crippen LogP contribution in [0.1, 0.15) is 27.7 Å². The molecule has 0 saturated heterocycles. The number of benzene rings is 1. The van der Waals surface area contributed by atoms with Gasteiger partial charge in [-0.3, -0.25) is 4.79 Å². The zero-order chi connectivity index (χ0) is 13.2. The van der Waals surface area contributed by atoms with Crippen LogP contribution in [0.3, 0.4) is 0 Å². The third-order valence-corrected chi connectivity index (χ3v) is 2.96. The number of nitriles is 1. The molecule has 0 aliphatic carbocycles. The fourth-order valence-corrected chi connectivity index (χ4v) is 2.04. The largest absolute Gasteiger partial charge is 0.346 e. The van der Waals surface area contributed by atoms with Gasteiger partial charge in [-0.2, -0.15) is 5.26 Å². The Labute approximate surface area is 109 Å². The first-order chi connectivity index (χ1) is 9.28. The van der Waals surface area contributed by atoms with Gasteiger partial charge in [-0.1, -0.05) is 12.1 Å². The first kappa shape index (κ1) is 11.2. The van der Waals surface area contributed by atoms with Gasteiger partial charge < -0.3 is 10.6 Å². The van der Waals surface area contributed by atoms with E-state index in [4.69, 9.17) is 5.26 Å². The number of pyridine rings is 1. The van der Waals surface area contributed by atoms with E-state index >= 15 is 0 Å². The summed E-state index contributed by atoms with van der Waals surface area (Å²) >= 11 is 0. The molecule has 2 N–H and O–H groups in total. The van der Waals surface area contributed by atoms with Gasteiger partial charge in [0.2, 0.25) is 0 Å². The molecule has 19 heavy (non-hydrogen) atoms. The number of nitrogens with zero attached hydrogens (tertiary/aromatic N) is 2. The van der Waals surface area contributed by atoms with Crippen molar-refractivity contribution in [3.05, 3.63) is 59.3 Å². The summed E-state index contributed by atoms with van der Waals surface area (Å²) in [5.41, 5.74) is 1.90. The van der Waals surface area contributed by atoms with Crippen LogP contribution >= 0.6 is 0 Å². The first-order valence-electron chi connectivity index (χ1n) is 5.80. The molecule has 0 unspecified atom stereocenters. The van der Waals surface area contributed by atoms with Crippen molar-refractivity contribution in [3.8, 4) is 6.07 Å². The maximum atomic E-state index is 12.0. The molecular weight excluding hydrogens is 240 g/mol. The molecule has 1 atom stereocenters. The van der Waals surface area contributed by atoms with Gasteiger partial charge in [0.1, 0.15) is 12.0 Å². The van der Waals surface area contributed by atoms with E-state index in [1.165, 1.54) is 0 Å². The maximum Gasteiger partial charge on any atom is 0.256 e. The minimum atomic E-state index is -0.372. The number of hydrogen-bond acceptors (Lipinski definition) is 4. The lowest BCUT2D eigenvalue weighted by Gasteiger charge is -2.27. The van der Waals surface area contributed by atoms with E-state index in [-0.39, 0.29) is 12.1 Å². The topological polar surface area (TPSA) is 77.8 Å². The molecule has 0 spiro atoms. The first-order valence-corrected chi connectivity index (χ1v) is 5.80. The van der Waals surface area contributed by atoms with Gasteiger partial charge in [0.25, 0.3) is 5.91 Å². The van der Waals surface area contributed by atoms with E-state index in [1.807, 2.05) is 6.07 Å². The number of carbonyl (C=O) groups is 1. The van der Waals surface area contributed by atoms with Gasteiger partial charge in [0, 0.05) is 6.20 Å². The molecule has 0 saturated carbocycles. The molecule has 1 aliphatic rings. The molecule has 1 aromatic heterocycles. The van der Waals surface area contributed by atoms with Crippen molar-refractivity contribution in [2.75, 3.05) is 5.32 Å². The monoisotopic (exact) mass is 250 g/mol. The predicted octanol–water partition coefficient (Wildman–Crippen LogP) is 1.81. The third-order valence-electron chi connectivity index (χ3n) is 2.96. The van der Waals surface area contributed by atoms with Crippen molar-refractivity contribution in [1.29, 1.82) is 5.26 Å². The highest BCUT2D eigenvalue weighted by Crippen LogP contribution is 2.24. The number of carbonyl (C=O) groups excluding carboxylic acids is 1. The fourth-order valence-electron chi connectivity index (χ4n) is 2.04. The van der Waals surface area contributed by atoms with Crippen LogP contribution in [-0.2, 0) is 0 Å². The van der Waals surface area contributed by atoms with Crippen molar-refractivity contribution >= 4 is 11.7 Å². The standard InChI is InChI=1S/C14H10N4O/c15-8-9-3-1-4-10(7-9)12-17-13-11(14(19)18-12)5-2-6-16-13/h1-7,12H,(H,16,17)(H,18,19)/t12-/m0/s1. The van der Waals surface area contributed by atoms with E-state index < -0.39 is 0 Å². The number of fused-ring (bicyclic) bond motifs is 1. The number of nitrogens with one attached hydrogen (secondary N) is 2. The summed E-state index contributed by atoms with van der Waals surface area (Å²) in [4.78, 5) is 16.1. The van der Waals surface area contributed by atoms with Gasteiger partial charge >= 0.3 is 0 Å². The molecule has 1 amide bonds. The van der Waals surface area contributed by atoms with Gasteiger partial charge in [-0.05, 0) is 29.8 Å². The average Bonchev–Trinajstić information content (AvgIpc) is 2.47. The van der Waals surface area contributed by atoms with Crippen LogP contribution in [0.4, 0.5) is 5.82 Å². The Morgan fingerprint density at radius 1 is 1.21 bits per heavy atom. The molecule has 1 aromatic carbocycles. The second-order valence-corrected chi connectivity index (χ2v) is 4.19. The average molecular weight is 250 g/mol. The van der Waals surface area contributed by atoms with E-state index in [2.05, 4.69) is 21.7 Å². The Balaban J connectivity index is 1.97.